The minimum absolute atomic E-state index is 0.0428. The number of ether oxygens (including phenoxy) is 2. The number of carbonyl (C=O) groups is 3. The fourth-order valence-corrected chi connectivity index (χ4v) is 6.65. The van der Waals surface area contributed by atoms with Crippen LogP contribution in [0.15, 0.2) is 108 Å². The smallest absolute Gasteiger partial charge is 0.416 e. The quantitative estimate of drug-likeness (QED) is 0.131. The molecule has 2 amide bonds. The number of carbonyl (C=O) groups excluding carboxylic acids is 3. The summed E-state index contributed by atoms with van der Waals surface area (Å²) < 4.78 is 42.2. The first-order chi connectivity index (χ1) is 25.5. The molecule has 2 aromatic heterocycles. The normalized spacial score (nSPS) is 12.6. The number of fused-ring (bicyclic) bond motifs is 1. The lowest BCUT2D eigenvalue weighted by molar-refractivity contribution is -0.156. The number of hydrogen-bond acceptors (Lipinski definition) is 9. The Morgan fingerprint density at radius 2 is 1.50 bits per heavy atom. The zero-order valence-corrected chi connectivity index (χ0v) is 32.1. The third kappa shape index (κ3) is 10.7. The molecule has 0 aliphatic heterocycles. The number of benzene rings is 3. The molecular formula is C40H46N6O7S. The lowest BCUT2D eigenvalue weighted by Gasteiger charge is -2.26. The summed E-state index contributed by atoms with van der Waals surface area (Å²) in [4.78, 5) is 45.3. The van der Waals surface area contributed by atoms with E-state index in [-0.39, 0.29) is 17.0 Å². The summed E-state index contributed by atoms with van der Waals surface area (Å²) in [6, 6.07) is 24.8. The monoisotopic (exact) mass is 754 g/mol. The highest BCUT2D eigenvalue weighted by molar-refractivity contribution is 7.89. The summed E-state index contributed by atoms with van der Waals surface area (Å²) in [5.74, 6) is -0.878. The lowest BCUT2D eigenvalue weighted by atomic mass is 10.1. The topological polar surface area (TPSA) is 162 Å². The van der Waals surface area contributed by atoms with Gasteiger partial charge >= 0.3 is 12.1 Å². The van der Waals surface area contributed by atoms with Crippen molar-refractivity contribution >= 4 is 44.7 Å². The van der Waals surface area contributed by atoms with E-state index in [0.29, 0.717) is 30.7 Å². The van der Waals surface area contributed by atoms with Gasteiger partial charge in [0.25, 0.3) is 5.91 Å². The number of hydrogen-bond donors (Lipinski definition) is 2. The van der Waals surface area contributed by atoms with Crippen molar-refractivity contribution in [3.8, 4) is 11.1 Å². The molecule has 0 radical (unpaired) electrons. The third-order valence-corrected chi connectivity index (χ3v) is 9.41. The molecule has 54 heavy (non-hydrogen) atoms. The van der Waals surface area contributed by atoms with Crippen LogP contribution in [0.3, 0.4) is 0 Å². The number of aromatic nitrogens is 3. The fraction of sp³-hybridized carbons (Fsp3) is 0.325. The number of rotatable bonds is 13. The number of amides is 2. The average Bonchev–Trinajstić information content (AvgIpc) is 3.53. The van der Waals surface area contributed by atoms with Crippen LogP contribution >= 0.6 is 0 Å². The van der Waals surface area contributed by atoms with Gasteiger partial charge in [-0.2, -0.15) is 9.82 Å². The van der Waals surface area contributed by atoms with Gasteiger partial charge in [-0.15, -0.1) is 0 Å². The molecule has 0 aliphatic carbocycles. The van der Waals surface area contributed by atoms with Gasteiger partial charge in [0.15, 0.2) is 0 Å². The number of esters is 1. The van der Waals surface area contributed by atoms with E-state index in [0.717, 1.165) is 16.6 Å². The number of sulfonamides is 1. The molecular weight excluding hydrogens is 709 g/mol. The van der Waals surface area contributed by atoms with E-state index < -0.39 is 45.2 Å². The first kappa shape index (κ1) is 39.6. The van der Waals surface area contributed by atoms with Gasteiger partial charge in [0.2, 0.25) is 10.0 Å². The molecule has 5 rings (SSSR count). The van der Waals surface area contributed by atoms with Gasteiger partial charge < -0.3 is 14.8 Å². The van der Waals surface area contributed by atoms with Gasteiger partial charge in [-0.05, 0) is 102 Å². The van der Waals surface area contributed by atoms with Gasteiger partial charge in [-0.25, -0.2) is 18.2 Å². The van der Waals surface area contributed by atoms with Gasteiger partial charge in [-0.1, -0.05) is 48.5 Å². The minimum atomic E-state index is -4.19. The Labute approximate surface area is 315 Å². The third-order valence-electron chi connectivity index (χ3n) is 7.92. The number of nitrogens with zero attached hydrogens (tertiary/aromatic N) is 4. The van der Waals surface area contributed by atoms with Crippen molar-refractivity contribution in [1.29, 1.82) is 0 Å². The summed E-state index contributed by atoms with van der Waals surface area (Å²) in [7, 11) is -4.19. The molecule has 13 nitrogen and oxygen atoms in total. The van der Waals surface area contributed by atoms with Crippen molar-refractivity contribution in [2.45, 2.75) is 76.6 Å². The molecule has 0 unspecified atom stereocenters. The molecule has 284 valence electrons. The molecule has 0 saturated heterocycles. The van der Waals surface area contributed by atoms with Gasteiger partial charge in [-0.3, -0.25) is 19.2 Å². The van der Waals surface area contributed by atoms with E-state index in [9.17, 15) is 22.8 Å². The fourth-order valence-electron chi connectivity index (χ4n) is 5.47. The van der Waals surface area contributed by atoms with E-state index in [1.165, 1.54) is 17.0 Å². The van der Waals surface area contributed by atoms with E-state index >= 15 is 0 Å². The Morgan fingerprint density at radius 1 is 0.833 bits per heavy atom. The van der Waals surface area contributed by atoms with Crippen LogP contribution in [0.25, 0.3) is 22.0 Å². The summed E-state index contributed by atoms with van der Waals surface area (Å²) >= 11 is 0. The van der Waals surface area contributed by atoms with Crippen molar-refractivity contribution in [2.75, 3.05) is 18.0 Å². The molecule has 2 N–H and O–H groups in total. The predicted molar refractivity (Wildman–Crippen MR) is 206 cm³/mol. The maximum atomic E-state index is 13.4. The molecule has 0 aliphatic rings. The van der Waals surface area contributed by atoms with Crippen LogP contribution in [0.2, 0.25) is 0 Å². The van der Waals surface area contributed by atoms with Crippen molar-refractivity contribution in [1.82, 2.24) is 24.8 Å². The highest BCUT2D eigenvalue weighted by Crippen LogP contribution is 2.22. The molecule has 14 heteroatoms. The SMILES string of the molecule is CC(C)(C)OC(=O)[C@H](CNC(=O)c1ccc2c(cnn2CCCN(C(=O)OC(C)(C)C)c2ccccn2)c1)NS(=O)(=O)c1ccc(-c2ccccc2)cc1. The average molecular weight is 755 g/mol. The second-order valence-corrected chi connectivity index (χ2v) is 16.3. The Bertz CT molecular complexity index is 2180. The molecule has 1 atom stereocenters. The van der Waals surface area contributed by atoms with Crippen molar-refractivity contribution < 1.29 is 32.3 Å². The summed E-state index contributed by atoms with van der Waals surface area (Å²) in [6.45, 7) is 10.9. The van der Waals surface area contributed by atoms with Gasteiger partial charge in [0.1, 0.15) is 23.1 Å². The predicted octanol–water partition coefficient (Wildman–Crippen LogP) is 6.35. The highest BCUT2D eigenvalue weighted by atomic mass is 32.2. The maximum absolute atomic E-state index is 13.4. The van der Waals surface area contributed by atoms with Crippen LogP contribution in [0.4, 0.5) is 10.6 Å². The summed E-state index contributed by atoms with van der Waals surface area (Å²) in [5, 5.41) is 7.87. The Morgan fingerprint density at radius 3 is 2.15 bits per heavy atom. The van der Waals surface area contributed by atoms with E-state index in [4.69, 9.17) is 9.47 Å². The van der Waals surface area contributed by atoms with Crippen molar-refractivity contribution in [3.63, 3.8) is 0 Å². The second-order valence-electron chi connectivity index (χ2n) is 14.6. The maximum Gasteiger partial charge on any atom is 0.416 e. The van der Waals surface area contributed by atoms with E-state index in [1.54, 1.807) is 107 Å². The molecule has 0 saturated carbocycles. The van der Waals surface area contributed by atoms with Crippen LogP contribution in [-0.2, 0) is 30.8 Å². The van der Waals surface area contributed by atoms with Crippen LogP contribution in [0.1, 0.15) is 58.3 Å². The highest BCUT2D eigenvalue weighted by Gasteiger charge is 2.31. The first-order valence-electron chi connectivity index (χ1n) is 17.6. The zero-order valence-electron chi connectivity index (χ0n) is 31.3. The lowest BCUT2D eigenvalue weighted by Crippen LogP contribution is -2.50. The van der Waals surface area contributed by atoms with Crippen LogP contribution in [0, 0.1) is 0 Å². The second kappa shape index (κ2) is 16.6. The largest absolute Gasteiger partial charge is 0.459 e. The molecule has 0 spiro atoms. The van der Waals surface area contributed by atoms with Gasteiger partial charge in [0.05, 0.1) is 16.6 Å². The Kier molecular flexibility index (Phi) is 12.2. The van der Waals surface area contributed by atoms with Crippen molar-refractivity contribution in [3.05, 3.63) is 109 Å². The Balaban J connectivity index is 1.25. The molecule has 3 aromatic carbocycles. The molecule has 0 fully saturated rings. The first-order valence-corrected chi connectivity index (χ1v) is 19.0. The van der Waals surface area contributed by atoms with E-state index in [1.807, 2.05) is 30.3 Å². The number of aryl methyl sites for hydroxylation is 1. The number of anilines is 1. The van der Waals surface area contributed by atoms with Crippen molar-refractivity contribution in [2.24, 2.45) is 0 Å². The minimum Gasteiger partial charge on any atom is -0.459 e. The standard InChI is InChI=1S/C40H46N6O7S/c1-39(2,3)52-37(48)33(44-54(50,51)32-19-16-29(17-20-32)28-13-8-7-9-14-28)27-42-36(47)30-18-21-34-31(25-30)26-43-46(34)24-12-23-45(35-15-10-11-22-41-35)38(49)53-40(4,5)6/h7-11,13-22,25-26,33,44H,12,23-24,27H2,1-6H3,(H,42,47)/t33-/m0/s1. The zero-order chi connectivity index (χ0) is 39.1. The van der Waals surface area contributed by atoms with Gasteiger partial charge in [0, 0.05) is 36.8 Å². The molecule has 2 heterocycles. The van der Waals surface area contributed by atoms with E-state index in [2.05, 4.69) is 20.1 Å². The van der Waals surface area contributed by atoms with Crippen LogP contribution in [-0.4, -0.2) is 71.5 Å². The Hall–Kier alpha value is -5.60. The number of nitrogens with one attached hydrogen (secondary N) is 2. The summed E-state index contributed by atoms with van der Waals surface area (Å²) in [5.41, 5.74) is 1.24. The van der Waals surface area contributed by atoms with Crippen LogP contribution in [0.5, 0.6) is 0 Å². The van der Waals surface area contributed by atoms with Crippen LogP contribution < -0.4 is 14.9 Å². The summed E-state index contributed by atoms with van der Waals surface area (Å²) in [6.07, 6.45) is 3.29. The molecule has 0 bridgehead atoms. The number of pyridine rings is 1. The molecule has 5 aromatic rings.